The van der Waals surface area contributed by atoms with E-state index in [0.29, 0.717) is 16.4 Å². The van der Waals surface area contributed by atoms with Gasteiger partial charge in [-0.15, -0.1) is 0 Å². The smallest absolute Gasteiger partial charge is 0.337 e. The number of nitrogens with one attached hydrogen (secondary N) is 1. The first kappa shape index (κ1) is 21.9. The Morgan fingerprint density at radius 1 is 1.06 bits per heavy atom. The molecule has 0 saturated carbocycles. The summed E-state index contributed by atoms with van der Waals surface area (Å²) < 4.78 is 11.2. The minimum atomic E-state index is -0.389. The van der Waals surface area contributed by atoms with Crippen LogP contribution in [0.1, 0.15) is 39.5 Å². The highest BCUT2D eigenvalue weighted by atomic mass is 32.1. The van der Waals surface area contributed by atoms with Crippen molar-refractivity contribution in [2.45, 2.75) is 19.0 Å². The molecule has 4 aromatic rings. The summed E-state index contributed by atoms with van der Waals surface area (Å²) in [6, 6.07) is 24.7. The lowest BCUT2D eigenvalue weighted by atomic mass is 10.0. The molecule has 0 spiro atoms. The number of benzene rings is 2. The number of pyridine rings is 1. The molecule has 1 fully saturated rings. The van der Waals surface area contributed by atoms with Crippen molar-refractivity contribution in [2.24, 2.45) is 0 Å². The molecule has 170 valence electrons. The summed E-state index contributed by atoms with van der Waals surface area (Å²) in [7, 11) is 1.37. The molecule has 0 unspecified atom stereocenters. The topological polar surface area (TPSA) is 67.6 Å². The fourth-order valence-electron chi connectivity index (χ4n) is 4.21. The van der Waals surface area contributed by atoms with E-state index in [9.17, 15) is 4.79 Å². The SMILES string of the molecule is COC(=O)c1cccc(-c2ccc([C@@H]3[C@H](c4ccccn4)NC(=S)N3c3ccc(C)cc3)o2)c1. The van der Waals surface area contributed by atoms with Gasteiger partial charge in [0.2, 0.25) is 0 Å². The molecule has 1 aliphatic heterocycles. The van der Waals surface area contributed by atoms with Crippen LogP contribution in [0.15, 0.2) is 89.5 Å². The molecular formula is C27H23N3O3S. The Hall–Kier alpha value is -3.97. The quantitative estimate of drug-likeness (QED) is 0.301. The number of hydrogen-bond donors (Lipinski definition) is 1. The normalized spacial score (nSPS) is 17.5. The predicted octanol–water partition coefficient (Wildman–Crippen LogP) is 5.61. The molecule has 0 amide bonds. The monoisotopic (exact) mass is 469 g/mol. The molecular weight excluding hydrogens is 446 g/mol. The number of carbonyl (C=O) groups is 1. The van der Waals surface area contributed by atoms with Crippen LogP contribution in [0.5, 0.6) is 0 Å². The number of aromatic nitrogens is 1. The average Bonchev–Trinajstić information content (AvgIpc) is 3.49. The largest absolute Gasteiger partial charge is 0.465 e. The van der Waals surface area contributed by atoms with Crippen molar-refractivity contribution in [2.75, 3.05) is 12.0 Å². The van der Waals surface area contributed by atoms with Crippen LogP contribution in [0.4, 0.5) is 5.69 Å². The van der Waals surface area contributed by atoms with Crippen LogP contribution in [0.25, 0.3) is 11.3 Å². The van der Waals surface area contributed by atoms with Crippen molar-refractivity contribution in [3.8, 4) is 11.3 Å². The molecule has 2 aromatic heterocycles. The Bertz CT molecular complexity index is 1330. The van der Waals surface area contributed by atoms with E-state index in [2.05, 4.69) is 46.4 Å². The molecule has 0 bridgehead atoms. The summed E-state index contributed by atoms with van der Waals surface area (Å²) in [5, 5.41) is 4.04. The molecule has 2 atom stereocenters. The molecule has 1 saturated heterocycles. The van der Waals surface area contributed by atoms with Gasteiger partial charge in [0.1, 0.15) is 17.6 Å². The maximum Gasteiger partial charge on any atom is 0.337 e. The van der Waals surface area contributed by atoms with Crippen molar-refractivity contribution in [3.05, 3.63) is 108 Å². The lowest BCUT2D eigenvalue weighted by Gasteiger charge is -2.26. The maximum absolute atomic E-state index is 12.0. The summed E-state index contributed by atoms with van der Waals surface area (Å²) in [6.07, 6.45) is 1.78. The number of methoxy groups -OCH3 is 1. The lowest BCUT2D eigenvalue weighted by Crippen LogP contribution is -2.29. The van der Waals surface area contributed by atoms with Crippen LogP contribution in [0.2, 0.25) is 0 Å². The lowest BCUT2D eigenvalue weighted by molar-refractivity contribution is 0.0601. The fourth-order valence-corrected chi connectivity index (χ4v) is 4.56. The van der Waals surface area contributed by atoms with Gasteiger partial charge in [0.05, 0.1) is 24.4 Å². The van der Waals surface area contributed by atoms with Crippen LogP contribution in [0, 0.1) is 6.92 Å². The van der Waals surface area contributed by atoms with E-state index < -0.39 is 0 Å². The predicted molar refractivity (Wildman–Crippen MR) is 135 cm³/mol. The molecule has 1 aliphatic rings. The number of anilines is 1. The zero-order valence-corrected chi connectivity index (χ0v) is 19.6. The number of carbonyl (C=O) groups excluding carboxylic acids is 1. The van der Waals surface area contributed by atoms with Gasteiger partial charge in [-0.05, 0) is 67.7 Å². The summed E-state index contributed by atoms with van der Waals surface area (Å²) in [5.41, 5.74) is 4.27. The van der Waals surface area contributed by atoms with Crippen molar-refractivity contribution in [1.29, 1.82) is 0 Å². The van der Waals surface area contributed by atoms with Crippen LogP contribution < -0.4 is 10.2 Å². The Kier molecular flexibility index (Phi) is 5.86. The fraction of sp³-hybridized carbons (Fsp3) is 0.148. The molecule has 0 radical (unpaired) electrons. The summed E-state index contributed by atoms with van der Waals surface area (Å²) >= 11 is 5.76. The molecule has 5 rings (SSSR count). The van der Waals surface area contributed by atoms with E-state index in [1.807, 2.05) is 42.5 Å². The third-order valence-electron chi connectivity index (χ3n) is 5.90. The minimum absolute atomic E-state index is 0.199. The van der Waals surface area contributed by atoms with E-state index in [0.717, 1.165) is 22.7 Å². The van der Waals surface area contributed by atoms with Gasteiger partial charge in [0, 0.05) is 17.4 Å². The van der Waals surface area contributed by atoms with Crippen LogP contribution >= 0.6 is 12.2 Å². The first-order valence-electron chi connectivity index (χ1n) is 10.9. The zero-order chi connectivity index (χ0) is 23.7. The number of rotatable bonds is 5. The standard InChI is InChI=1S/C27H23N3O3S/c1-17-9-11-20(12-10-17)30-25(24(29-27(30)34)21-8-3-4-15-28-21)23-14-13-22(33-23)18-6-5-7-19(16-18)26(31)32-2/h3-16,24-25H,1-2H3,(H,29,34)/t24-,25+/m0/s1. The molecule has 2 aromatic carbocycles. The van der Waals surface area contributed by atoms with Gasteiger partial charge in [0.15, 0.2) is 5.11 Å². The van der Waals surface area contributed by atoms with Crippen molar-refractivity contribution < 1.29 is 13.9 Å². The molecule has 3 heterocycles. The molecule has 7 heteroatoms. The Morgan fingerprint density at radius 2 is 1.88 bits per heavy atom. The van der Waals surface area contributed by atoms with Gasteiger partial charge >= 0.3 is 5.97 Å². The third kappa shape index (κ3) is 4.06. The number of furan rings is 1. The van der Waals surface area contributed by atoms with Crippen LogP contribution in [0.3, 0.4) is 0 Å². The second-order valence-electron chi connectivity index (χ2n) is 8.11. The van der Waals surface area contributed by atoms with Gasteiger partial charge in [-0.25, -0.2) is 4.79 Å². The second-order valence-corrected chi connectivity index (χ2v) is 8.49. The van der Waals surface area contributed by atoms with Crippen LogP contribution in [-0.2, 0) is 4.74 Å². The number of thiocarbonyl (C=S) groups is 1. The number of hydrogen-bond acceptors (Lipinski definition) is 5. The number of nitrogens with zero attached hydrogens (tertiary/aromatic N) is 2. The van der Waals surface area contributed by atoms with Crippen molar-refractivity contribution in [3.63, 3.8) is 0 Å². The highest BCUT2D eigenvalue weighted by Crippen LogP contribution is 2.43. The van der Waals surface area contributed by atoms with Gasteiger partial charge < -0.3 is 19.4 Å². The molecule has 1 N–H and O–H groups in total. The van der Waals surface area contributed by atoms with Gasteiger partial charge in [0.25, 0.3) is 0 Å². The Balaban J connectivity index is 1.57. The zero-order valence-electron chi connectivity index (χ0n) is 18.8. The first-order chi connectivity index (χ1) is 16.5. The maximum atomic E-state index is 12.0. The minimum Gasteiger partial charge on any atom is -0.465 e. The third-order valence-corrected chi connectivity index (χ3v) is 6.21. The van der Waals surface area contributed by atoms with E-state index in [1.54, 1.807) is 18.3 Å². The second kappa shape index (κ2) is 9.11. The van der Waals surface area contributed by atoms with E-state index in [4.69, 9.17) is 21.4 Å². The van der Waals surface area contributed by atoms with Gasteiger partial charge in [-0.2, -0.15) is 0 Å². The van der Waals surface area contributed by atoms with Gasteiger partial charge in [-0.3, -0.25) is 4.98 Å². The highest BCUT2D eigenvalue weighted by Gasteiger charge is 2.42. The van der Waals surface area contributed by atoms with Gasteiger partial charge in [-0.1, -0.05) is 35.9 Å². The summed E-state index contributed by atoms with van der Waals surface area (Å²) in [6.45, 7) is 2.06. The number of ether oxygens (including phenoxy) is 1. The van der Waals surface area contributed by atoms with Crippen molar-refractivity contribution in [1.82, 2.24) is 10.3 Å². The highest BCUT2D eigenvalue weighted by molar-refractivity contribution is 7.80. The molecule has 6 nitrogen and oxygen atoms in total. The summed E-state index contributed by atoms with van der Waals surface area (Å²) in [4.78, 5) is 18.6. The van der Waals surface area contributed by atoms with Crippen LogP contribution in [-0.4, -0.2) is 23.2 Å². The Labute approximate surface area is 203 Å². The van der Waals surface area contributed by atoms with E-state index in [1.165, 1.54) is 12.7 Å². The first-order valence-corrected chi connectivity index (χ1v) is 11.3. The number of aryl methyl sites for hydroxylation is 1. The Morgan fingerprint density at radius 3 is 2.62 bits per heavy atom. The van der Waals surface area contributed by atoms with E-state index >= 15 is 0 Å². The van der Waals surface area contributed by atoms with E-state index in [-0.39, 0.29) is 18.1 Å². The summed E-state index contributed by atoms with van der Waals surface area (Å²) in [5.74, 6) is 1.00. The molecule has 0 aliphatic carbocycles. The van der Waals surface area contributed by atoms with Crippen molar-refractivity contribution >= 4 is 29.0 Å². The molecule has 34 heavy (non-hydrogen) atoms. The number of esters is 1. The average molecular weight is 470 g/mol.